The smallest absolute Gasteiger partial charge is 0.125 e. The third kappa shape index (κ3) is 12.4. The highest BCUT2D eigenvalue weighted by atomic mass is 15.1. The first-order valence-electron chi connectivity index (χ1n) is 14.7. The fourth-order valence-corrected chi connectivity index (χ4v) is 4.18. The largest absolute Gasteiger partial charge is 0.282 e. The number of hydrogen-bond donors (Lipinski definition) is 1. The molecule has 0 aliphatic heterocycles. The van der Waals surface area contributed by atoms with E-state index in [-0.39, 0.29) is 0 Å². The van der Waals surface area contributed by atoms with Crippen molar-refractivity contribution in [2.75, 3.05) is 0 Å². The molecule has 4 rings (SSSR count). The molecule has 0 radical (unpaired) electrons. The molecular weight excluding hydrogens is 492 g/mol. The van der Waals surface area contributed by atoms with Gasteiger partial charge in [-0.2, -0.15) is 5.10 Å². The van der Waals surface area contributed by atoms with Crippen molar-refractivity contribution in [1.29, 1.82) is 0 Å². The van der Waals surface area contributed by atoms with Crippen LogP contribution in [0.3, 0.4) is 0 Å². The van der Waals surface area contributed by atoms with Crippen LogP contribution in [0.15, 0.2) is 24.3 Å². The number of nitrogens with zero attached hydrogens (tertiary/aromatic N) is 5. The molecule has 0 aliphatic carbocycles. The number of benzene rings is 1. The van der Waals surface area contributed by atoms with E-state index in [2.05, 4.69) is 105 Å². The molecule has 4 aromatic rings. The van der Waals surface area contributed by atoms with Crippen molar-refractivity contribution in [3.05, 3.63) is 75.5 Å². The molecule has 0 unspecified atom stereocenters. The van der Waals surface area contributed by atoms with Gasteiger partial charge in [-0.25, -0.2) is 19.9 Å². The lowest BCUT2D eigenvalue weighted by Gasteiger charge is -2.11. The van der Waals surface area contributed by atoms with Crippen molar-refractivity contribution in [1.82, 2.24) is 30.1 Å². The maximum atomic E-state index is 4.42. The lowest BCUT2D eigenvalue weighted by atomic mass is 10.0. The van der Waals surface area contributed by atoms with Crippen molar-refractivity contribution in [3.63, 3.8) is 0 Å². The van der Waals surface area contributed by atoms with Gasteiger partial charge in [0.2, 0.25) is 0 Å². The van der Waals surface area contributed by atoms with Gasteiger partial charge in [0.05, 0.1) is 5.52 Å². The predicted octanol–water partition coefficient (Wildman–Crippen LogP) is 9.61. The number of fused-ring (bicyclic) bond motifs is 1. The fourth-order valence-electron chi connectivity index (χ4n) is 4.18. The van der Waals surface area contributed by atoms with Gasteiger partial charge in [-0.05, 0) is 83.4 Å². The Balaban J connectivity index is 0.000000520. The summed E-state index contributed by atoms with van der Waals surface area (Å²) in [6.45, 7) is 33.3. The van der Waals surface area contributed by atoms with Gasteiger partial charge in [-0.1, -0.05) is 80.5 Å². The Morgan fingerprint density at radius 1 is 0.600 bits per heavy atom. The number of para-hydroxylation sites is 1. The molecule has 222 valence electrons. The van der Waals surface area contributed by atoms with E-state index in [9.17, 15) is 0 Å². The minimum atomic E-state index is 0.491. The molecule has 1 aromatic carbocycles. The van der Waals surface area contributed by atoms with Crippen LogP contribution in [-0.2, 0) is 0 Å². The van der Waals surface area contributed by atoms with Gasteiger partial charge in [-0.15, -0.1) is 0 Å². The number of H-pyrrole nitrogens is 1. The quantitative estimate of drug-likeness (QED) is 0.270. The molecule has 1 N–H and O–H groups in total. The second-order valence-corrected chi connectivity index (χ2v) is 11.1. The zero-order valence-electron chi connectivity index (χ0n) is 28.3. The Hall–Kier alpha value is -3.15. The number of nitrogens with one attached hydrogen (secondary N) is 1. The highest BCUT2D eigenvalue weighted by molar-refractivity contribution is 5.80. The monoisotopic (exact) mass is 548 g/mol. The maximum Gasteiger partial charge on any atom is 0.125 e. The molecule has 0 amide bonds. The lowest BCUT2D eigenvalue weighted by molar-refractivity contribution is 0.737. The number of aromatic amines is 1. The lowest BCUT2D eigenvalue weighted by Crippen LogP contribution is -2.03. The molecule has 0 aliphatic rings. The van der Waals surface area contributed by atoms with E-state index in [0.29, 0.717) is 11.8 Å². The predicted molar refractivity (Wildman–Crippen MR) is 173 cm³/mol. The third-order valence-corrected chi connectivity index (χ3v) is 5.75. The van der Waals surface area contributed by atoms with Crippen LogP contribution < -0.4 is 0 Å². The fraction of sp³-hybridized carbons (Fsp3) is 0.559. The van der Waals surface area contributed by atoms with Crippen LogP contribution in [0.4, 0.5) is 0 Å². The Morgan fingerprint density at radius 3 is 1.50 bits per heavy atom. The van der Waals surface area contributed by atoms with Crippen LogP contribution in [0.25, 0.3) is 10.9 Å². The molecule has 40 heavy (non-hydrogen) atoms. The van der Waals surface area contributed by atoms with Crippen molar-refractivity contribution in [2.45, 2.75) is 123 Å². The summed E-state index contributed by atoms with van der Waals surface area (Å²) in [6, 6.07) is 8.07. The average molecular weight is 549 g/mol. The molecule has 0 saturated carbocycles. The summed E-state index contributed by atoms with van der Waals surface area (Å²) >= 11 is 0. The zero-order chi connectivity index (χ0) is 31.2. The summed E-state index contributed by atoms with van der Waals surface area (Å²) in [5, 5.41) is 8.23. The van der Waals surface area contributed by atoms with Crippen LogP contribution in [-0.4, -0.2) is 30.1 Å². The molecular formula is C34H56N6. The summed E-state index contributed by atoms with van der Waals surface area (Å²) in [5.74, 6) is 3.59. The van der Waals surface area contributed by atoms with Crippen LogP contribution in [0.2, 0.25) is 0 Å². The van der Waals surface area contributed by atoms with E-state index >= 15 is 0 Å². The number of hydrogen-bond acceptors (Lipinski definition) is 5. The van der Waals surface area contributed by atoms with Crippen LogP contribution >= 0.6 is 0 Å². The summed E-state index contributed by atoms with van der Waals surface area (Å²) in [4.78, 5) is 17.4. The Morgan fingerprint density at radius 2 is 1.05 bits per heavy atom. The van der Waals surface area contributed by atoms with E-state index in [0.717, 1.165) is 45.9 Å². The zero-order valence-corrected chi connectivity index (χ0v) is 28.3. The van der Waals surface area contributed by atoms with Gasteiger partial charge in [0.15, 0.2) is 0 Å². The van der Waals surface area contributed by atoms with Gasteiger partial charge in [0, 0.05) is 33.9 Å². The number of rotatable bonds is 2. The van der Waals surface area contributed by atoms with Crippen LogP contribution in [0.5, 0.6) is 0 Å². The Bertz CT molecular complexity index is 1260. The number of aryl methyl sites for hydroxylation is 6. The molecule has 0 saturated heterocycles. The Kier molecular flexibility index (Phi) is 16.8. The van der Waals surface area contributed by atoms with Crippen molar-refractivity contribution < 1.29 is 0 Å². The van der Waals surface area contributed by atoms with E-state index in [1.54, 1.807) is 0 Å². The highest BCUT2D eigenvalue weighted by Gasteiger charge is 2.10. The minimum Gasteiger partial charge on any atom is -0.282 e. The third-order valence-electron chi connectivity index (χ3n) is 5.75. The molecule has 6 heteroatoms. The SMILES string of the molecule is CC.CC(C)C.Cc1[nH]nc2ccccc12.Cc1nc(C)c(C(C)C)c(C)n1.Cc1nc(C)c(C)c(C(C)C)n1. The van der Waals surface area contributed by atoms with Crippen LogP contribution in [0, 0.1) is 54.4 Å². The number of aromatic nitrogens is 6. The van der Waals surface area contributed by atoms with E-state index in [1.807, 2.05) is 59.7 Å². The molecule has 3 aromatic heterocycles. The van der Waals surface area contributed by atoms with Crippen molar-refractivity contribution >= 4 is 10.9 Å². The maximum absolute atomic E-state index is 4.42. The molecule has 0 bridgehead atoms. The second-order valence-electron chi connectivity index (χ2n) is 11.1. The topological polar surface area (TPSA) is 80.2 Å². The molecule has 6 nitrogen and oxygen atoms in total. The van der Waals surface area contributed by atoms with E-state index < -0.39 is 0 Å². The molecule has 3 heterocycles. The first kappa shape index (κ1) is 36.8. The summed E-state index contributed by atoms with van der Waals surface area (Å²) in [6.07, 6.45) is 0. The van der Waals surface area contributed by atoms with Crippen molar-refractivity contribution in [3.8, 4) is 0 Å². The second kappa shape index (κ2) is 18.2. The van der Waals surface area contributed by atoms with Crippen LogP contribution in [0.1, 0.15) is 125 Å². The summed E-state index contributed by atoms with van der Waals surface area (Å²) in [7, 11) is 0. The van der Waals surface area contributed by atoms with Gasteiger partial charge < -0.3 is 0 Å². The van der Waals surface area contributed by atoms with Gasteiger partial charge >= 0.3 is 0 Å². The summed E-state index contributed by atoms with van der Waals surface area (Å²) < 4.78 is 0. The standard InChI is InChI=1S/2C10H16N2.C8H8N2.C4H10.C2H6/c1-6(2)10-7(3)11-9(5)12-8(10)4;1-6(2)10-7(3)8(4)11-9(5)12-10;1-6-7-4-2-3-5-8(7)10-9-6;1-4(2)3;1-2/h2*6H,1-5H3;2-5H,1H3,(H,9,10);4H,1-3H3;1-2H3. The van der Waals surface area contributed by atoms with Gasteiger partial charge in [0.25, 0.3) is 0 Å². The van der Waals surface area contributed by atoms with Crippen molar-refractivity contribution in [2.24, 2.45) is 5.92 Å². The average Bonchev–Trinajstić information content (AvgIpc) is 3.23. The normalized spacial score (nSPS) is 10.2. The Labute approximate surface area is 244 Å². The van der Waals surface area contributed by atoms with Gasteiger partial charge in [0.1, 0.15) is 11.6 Å². The highest BCUT2D eigenvalue weighted by Crippen LogP contribution is 2.20. The summed E-state index contributed by atoms with van der Waals surface area (Å²) in [5.41, 5.74) is 9.23. The molecule has 0 spiro atoms. The van der Waals surface area contributed by atoms with E-state index in [1.165, 1.54) is 22.2 Å². The molecule has 0 atom stereocenters. The first-order chi connectivity index (χ1) is 18.6. The molecule has 0 fully saturated rings. The first-order valence-corrected chi connectivity index (χ1v) is 14.7. The van der Waals surface area contributed by atoms with Gasteiger partial charge in [-0.3, -0.25) is 5.10 Å². The minimum absolute atomic E-state index is 0.491. The van der Waals surface area contributed by atoms with E-state index in [4.69, 9.17) is 0 Å².